The van der Waals surface area contributed by atoms with Gasteiger partial charge in [0.2, 0.25) is 0 Å². The van der Waals surface area contributed by atoms with Crippen molar-refractivity contribution in [3.05, 3.63) is 53.6 Å². The molecule has 0 aliphatic rings. The van der Waals surface area contributed by atoms with E-state index in [1.807, 2.05) is 36.0 Å². The molecule has 5 heteroatoms. The van der Waals surface area contributed by atoms with Crippen molar-refractivity contribution in [3.63, 3.8) is 0 Å². The van der Waals surface area contributed by atoms with Crippen LogP contribution < -0.4 is 0 Å². The third-order valence-electron chi connectivity index (χ3n) is 2.97. The highest BCUT2D eigenvalue weighted by atomic mass is 35.5. The summed E-state index contributed by atoms with van der Waals surface area (Å²) >= 11 is 5.78. The maximum absolute atomic E-state index is 12.3. The van der Waals surface area contributed by atoms with Crippen LogP contribution in [0.2, 0.25) is 0 Å². The first-order valence-corrected chi connectivity index (χ1v) is 6.52. The standard InChI is InChI=1S/C14H16ClN3O/c1-17-7-6-16-13(17)10-18(2)14(19)12-5-3-4-11(8-12)9-15/h3-8H,9-10H2,1-2H3. The van der Waals surface area contributed by atoms with E-state index in [0.717, 1.165) is 11.4 Å². The Morgan fingerprint density at radius 3 is 2.89 bits per heavy atom. The number of rotatable bonds is 4. The third kappa shape index (κ3) is 3.15. The van der Waals surface area contributed by atoms with Gasteiger partial charge in [-0.2, -0.15) is 0 Å². The van der Waals surface area contributed by atoms with Crippen LogP contribution in [0.5, 0.6) is 0 Å². The lowest BCUT2D eigenvalue weighted by atomic mass is 10.1. The van der Waals surface area contributed by atoms with E-state index in [1.54, 1.807) is 24.2 Å². The molecule has 0 aliphatic carbocycles. The Kier molecular flexibility index (Phi) is 4.22. The first-order valence-electron chi connectivity index (χ1n) is 5.98. The van der Waals surface area contributed by atoms with Crippen LogP contribution >= 0.6 is 11.6 Å². The van der Waals surface area contributed by atoms with Crippen LogP contribution in [-0.2, 0) is 19.5 Å². The van der Waals surface area contributed by atoms with Gasteiger partial charge in [0.1, 0.15) is 5.82 Å². The molecule has 0 saturated heterocycles. The number of carbonyl (C=O) groups is 1. The molecule has 0 saturated carbocycles. The lowest BCUT2D eigenvalue weighted by Gasteiger charge is -2.17. The van der Waals surface area contributed by atoms with Gasteiger partial charge in [0.05, 0.1) is 6.54 Å². The van der Waals surface area contributed by atoms with E-state index in [2.05, 4.69) is 4.98 Å². The highest BCUT2D eigenvalue weighted by Crippen LogP contribution is 2.11. The van der Waals surface area contributed by atoms with Gasteiger partial charge in [0, 0.05) is 37.9 Å². The number of amides is 1. The van der Waals surface area contributed by atoms with Crippen molar-refractivity contribution in [3.8, 4) is 0 Å². The van der Waals surface area contributed by atoms with E-state index < -0.39 is 0 Å². The quantitative estimate of drug-likeness (QED) is 0.805. The van der Waals surface area contributed by atoms with Crippen molar-refractivity contribution in [1.82, 2.24) is 14.5 Å². The van der Waals surface area contributed by atoms with Gasteiger partial charge in [0.25, 0.3) is 5.91 Å². The molecule has 4 nitrogen and oxygen atoms in total. The topological polar surface area (TPSA) is 38.1 Å². The van der Waals surface area contributed by atoms with Crippen LogP contribution in [0.4, 0.5) is 0 Å². The Labute approximate surface area is 117 Å². The Balaban J connectivity index is 2.12. The van der Waals surface area contributed by atoms with E-state index in [0.29, 0.717) is 18.0 Å². The summed E-state index contributed by atoms with van der Waals surface area (Å²) < 4.78 is 1.90. The minimum Gasteiger partial charge on any atom is -0.337 e. The van der Waals surface area contributed by atoms with Crippen molar-refractivity contribution in [2.24, 2.45) is 7.05 Å². The van der Waals surface area contributed by atoms with Crippen molar-refractivity contribution in [1.29, 1.82) is 0 Å². The molecule has 0 spiro atoms. The van der Waals surface area contributed by atoms with Crippen molar-refractivity contribution in [2.45, 2.75) is 12.4 Å². The monoisotopic (exact) mass is 277 g/mol. The molecule has 2 rings (SSSR count). The van der Waals surface area contributed by atoms with Gasteiger partial charge in [-0.05, 0) is 17.7 Å². The van der Waals surface area contributed by atoms with Gasteiger partial charge < -0.3 is 9.47 Å². The second-order valence-electron chi connectivity index (χ2n) is 4.45. The molecule has 1 amide bonds. The van der Waals surface area contributed by atoms with Crippen LogP contribution in [0.25, 0.3) is 0 Å². The SMILES string of the molecule is CN(Cc1nccn1C)C(=O)c1cccc(CCl)c1. The van der Waals surface area contributed by atoms with E-state index in [4.69, 9.17) is 11.6 Å². The fourth-order valence-corrected chi connectivity index (χ4v) is 2.01. The molecule has 0 aliphatic heterocycles. The first kappa shape index (κ1) is 13.6. The lowest BCUT2D eigenvalue weighted by Crippen LogP contribution is -2.27. The smallest absolute Gasteiger partial charge is 0.254 e. The lowest BCUT2D eigenvalue weighted by molar-refractivity contribution is 0.0780. The van der Waals surface area contributed by atoms with Crippen LogP contribution in [-0.4, -0.2) is 27.4 Å². The minimum atomic E-state index is -0.0324. The molecule has 0 fully saturated rings. The number of hydrogen-bond acceptors (Lipinski definition) is 2. The zero-order chi connectivity index (χ0) is 13.8. The Bertz CT molecular complexity index is 580. The van der Waals surface area contributed by atoms with Crippen molar-refractivity contribution in [2.75, 3.05) is 7.05 Å². The number of halogens is 1. The second kappa shape index (κ2) is 5.89. The Hall–Kier alpha value is -1.81. The molecule has 0 atom stereocenters. The molecule has 0 unspecified atom stereocenters. The normalized spacial score (nSPS) is 10.5. The molecule has 1 aromatic carbocycles. The summed E-state index contributed by atoms with van der Waals surface area (Å²) in [5, 5.41) is 0. The zero-order valence-electron chi connectivity index (χ0n) is 11.0. The molecule has 0 radical (unpaired) electrons. The number of imidazole rings is 1. The molecule has 19 heavy (non-hydrogen) atoms. The zero-order valence-corrected chi connectivity index (χ0v) is 11.8. The molecule has 0 bridgehead atoms. The first-order chi connectivity index (χ1) is 9.11. The van der Waals surface area contributed by atoms with Gasteiger partial charge in [-0.15, -0.1) is 11.6 Å². The Morgan fingerprint density at radius 1 is 1.47 bits per heavy atom. The van der Waals surface area contributed by atoms with E-state index in [1.165, 1.54) is 0 Å². The van der Waals surface area contributed by atoms with Gasteiger partial charge in [-0.1, -0.05) is 12.1 Å². The van der Waals surface area contributed by atoms with Gasteiger partial charge in [0.15, 0.2) is 0 Å². The van der Waals surface area contributed by atoms with Crippen molar-refractivity contribution >= 4 is 17.5 Å². The predicted octanol–water partition coefficient (Wildman–Crippen LogP) is 2.43. The van der Waals surface area contributed by atoms with Crippen LogP contribution in [0.1, 0.15) is 21.7 Å². The van der Waals surface area contributed by atoms with Crippen LogP contribution in [0, 0.1) is 0 Å². The molecule has 1 aromatic heterocycles. The average molecular weight is 278 g/mol. The van der Waals surface area contributed by atoms with E-state index in [9.17, 15) is 4.79 Å². The number of nitrogens with zero attached hydrogens (tertiary/aromatic N) is 3. The van der Waals surface area contributed by atoms with Crippen molar-refractivity contribution < 1.29 is 4.79 Å². The summed E-state index contributed by atoms with van der Waals surface area (Å²) in [6, 6.07) is 7.37. The highest BCUT2D eigenvalue weighted by molar-refractivity contribution is 6.17. The number of alkyl halides is 1. The summed E-state index contributed by atoms with van der Waals surface area (Å²) in [5.41, 5.74) is 1.59. The largest absolute Gasteiger partial charge is 0.337 e. The molecule has 2 aromatic rings. The molecule has 1 heterocycles. The maximum atomic E-state index is 12.3. The number of benzene rings is 1. The van der Waals surface area contributed by atoms with Gasteiger partial charge in [-0.3, -0.25) is 4.79 Å². The summed E-state index contributed by atoms with van der Waals surface area (Å²) in [7, 11) is 3.68. The highest BCUT2D eigenvalue weighted by Gasteiger charge is 2.14. The van der Waals surface area contributed by atoms with Crippen LogP contribution in [0.3, 0.4) is 0 Å². The Morgan fingerprint density at radius 2 is 2.26 bits per heavy atom. The maximum Gasteiger partial charge on any atom is 0.254 e. The second-order valence-corrected chi connectivity index (χ2v) is 4.72. The number of carbonyl (C=O) groups excluding carboxylic acids is 1. The van der Waals surface area contributed by atoms with Gasteiger partial charge in [-0.25, -0.2) is 4.98 Å². The molecule has 100 valence electrons. The third-order valence-corrected chi connectivity index (χ3v) is 3.28. The molecular weight excluding hydrogens is 262 g/mol. The summed E-state index contributed by atoms with van der Waals surface area (Å²) in [6.45, 7) is 0.480. The predicted molar refractivity (Wildman–Crippen MR) is 75.0 cm³/mol. The fourth-order valence-electron chi connectivity index (χ4n) is 1.84. The average Bonchev–Trinajstić information content (AvgIpc) is 2.83. The summed E-state index contributed by atoms with van der Waals surface area (Å²) in [4.78, 5) is 18.2. The fraction of sp³-hybridized carbons (Fsp3) is 0.286. The molecular formula is C14H16ClN3O. The number of aromatic nitrogens is 2. The minimum absolute atomic E-state index is 0.0324. The number of hydrogen-bond donors (Lipinski definition) is 0. The van der Waals surface area contributed by atoms with Gasteiger partial charge >= 0.3 is 0 Å². The summed E-state index contributed by atoms with van der Waals surface area (Å²) in [6.07, 6.45) is 3.59. The van der Waals surface area contributed by atoms with E-state index >= 15 is 0 Å². The van der Waals surface area contributed by atoms with E-state index in [-0.39, 0.29) is 5.91 Å². The number of aryl methyl sites for hydroxylation is 1. The van der Waals surface area contributed by atoms with Crippen LogP contribution in [0.15, 0.2) is 36.7 Å². The molecule has 0 N–H and O–H groups in total. The summed E-state index contributed by atoms with van der Waals surface area (Å²) in [5.74, 6) is 1.23.